The molecule has 0 saturated heterocycles. The Hall–Kier alpha value is -2.56. The van der Waals surface area contributed by atoms with E-state index < -0.39 is 17.8 Å². The lowest BCUT2D eigenvalue weighted by Crippen LogP contribution is -2.16. The molecular formula is C14H11F3N6OS. The van der Waals surface area contributed by atoms with E-state index in [1.807, 2.05) is 0 Å². The number of carbonyl (C=O) groups is 1. The highest BCUT2D eigenvalue weighted by atomic mass is 32.1. The number of alkyl halides is 3. The van der Waals surface area contributed by atoms with Gasteiger partial charge in [-0.1, -0.05) is 11.3 Å². The monoisotopic (exact) mass is 368 g/mol. The van der Waals surface area contributed by atoms with Crippen LogP contribution in [0.2, 0.25) is 0 Å². The molecular weight excluding hydrogens is 357 g/mol. The predicted molar refractivity (Wildman–Crippen MR) is 82.6 cm³/mol. The largest absolute Gasteiger partial charge is 0.433 e. The fourth-order valence-corrected chi connectivity index (χ4v) is 2.99. The van der Waals surface area contributed by atoms with Gasteiger partial charge < -0.3 is 0 Å². The summed E-state index contributed by atoms with van der Waals surface area (Å²) in [5.41, 5.74) is -0.731. The quantitative estimate of drug-likeness (QED) is 0.768. The number of nitrogens with one attached hydrogen (secondary N) is 1. The number of amides is 1. The highest BCUT2D eigenvalue weighted by Gasteiger charge is 2.37. The Bertz CT molecular complexity index is 975. The average molecular weight is 368 g/mol. The minimum Gasteiger partial charge on any atom is -0.295 e. The Morgan fingerprint density at radius 2 is 2.08 bits per heavy atom. The molecule has 7 nitrogen and oxygen atoms in total. The minimum absolute atomic E-state index is 0.00433. The lowest BCUT2D eigenvalue weighted by Gasteiger charge is -2.10. The lowest BCUT2D eigenvalue weighted by atomic mass is 10.2. The molecule has 0 spiro atoms. The molecule has 0 aromatic carbocycles. The Kier molecular flexibility index (Phi) is 3.49. The number of hydrogen-bond donors (Lipinski definition) is 1. The molecule has 1 N–H and O–H groups in total. The Balaban J connectivity index is 1.74. The molecule has 4 rings (SSSR count). The fraction of sp³-hybridized carbons (Fsp3) is 0.357. The molecule has 130 valence electrons. The van der Waals surface area contributed by atoms with E-state index in [-0.39, 0.29) is 22.4 Å². The van der Waals surface area contributed by atoms with Crippen LogP contribution in [0.15, 0.2) is 12.1 Å². The van der Waals surface area contributed by atoms with E-state index in [1.54, 1.807) is 6.92 Å². The van der Waals surface area contributed by atoms with E-state index in [9.17, 15) is 18.0 Å². The predicted octanol–water partition coefficient (Wildman–Crippen LogP) is 3.04. The van der Waals surface area contributed by atoms with Gasteiger partial charge in [-0.25, -0.2) is 9.50 Å². The summed E-state index contributed by atoms with van der Waals surface area (Å²) in [7, 11) is 0. The summed E-state index contributed by atoms with van der Waals surface area (Å²) >= 11 is 1.16. The molecule has 1 saturated carbocycles. The van der Waals surface area contributed by atoms with Gasteiger partial charge in [-0.05, 0) is 25.8 Å². The number of rotatable bonds is 3. The van der Waals surface area contributed by atoms with Crippen LogP contribution in [-0.2, 0) is 6.18 Å². The van der Waals surface area contributed by atoms with Gasteiger partial charge in [0.25, 0.3) is 5.91 Å². The minimum atomic E-state index is -4.60. The third-order valence-electron chi connectivity index (χ3n) is 3.71. The van der Waals surface area contributed by atoms with Gasteiger partial charge in [-0.3, -0.25) is 10.1 Å². The molecule has 0 atom stereocenters. The summed E-state index contributed by atoms with van der Waals surface area (Å²) in [6.45, 7) is 1.72. The summed E-state index contributed by atoms with van der Waals surface area (Å²) in [6.07, 6.45) is -2.96. The Morgan fingerprint density at radius 1 is 1.32 bits per heavy atom. The number of anilines is 1. The average Bonchev–Trinajstić information content (AvgIpc) is 3.17. The molecule has 0 aliphatic heterocycles. The fourth-order valence-electron chi connectivity index (χ4n) is 2.40. The topological polar surface area (TPSA) is 85.1 Å². The van der Waals surface area contributed by atoms with Gasteiger partial charge in [0.15, 0.2) is 11.3 Å². The van der Waals surface area contributed by atoms with Gasteiger partial charge in [0.05, 0.1) is 0 Å². The van der Waals surface area contributed by atoms with Crippen LogP contribution in [0.5, 0.6) is 0 Å². The van der Waals surface area contributed by atoms with Gasteiger partial charge >= 0.3 is 6.18 Å². The summed E-state index contributed by atoms with van der Waals surface area (Å²) in [5, 5.41) is 14.7. The second-order valence-corrected chi connectivity index (χ2v) is 6.90. The van der Waals surface area contributed by atoms with Gasteiger partial charge in [-0.15, -0.1) is 10.2 Å². The van der Waals surface area contributed by atoms with Crippen molar-refractivity contribution in [3.8, 4) is 0 Å². The number of halogens is 3. The summed E-state index contributed by atoms with van der Waals surface area (Å²) < 4.78 is 40.7. The maximum atomic E-state index is 13.3. The standard InChI is InChI=1S/C14H11F3N6OS/c1-6-20-21-13(25-6)19-12(24)9-5-11-18-8(7-2-3-7)4-10(14(15,16)17)23(11)22-9/h4-5,7H,2-3H2,1H3,(H,19,21,24). The molecule has 25 heavy (non-hydrogen) atoms. The molecule has 0 bridgehead atoms. The van der Waals surface area contributed by atoms with Crippen LogP contribution in [0.25, 0.3) is 5.65 Å². The smallest absolute Gasteiger partial charge is 0.295 e. The zero-order valence-corrected chi connectivity index (χ0v) is 13.6. The molecule has 0 radical (unpaired) electrons. The molecule has 11 heteroatoms. The Labute approximate surface area is 142 Å². The van der Waals surface area contributed by atoms with E-state index in [2.05, 4.69) is 25.6 Å². The number of fused-ring (bicyclic) bond motifs is 1. The lowest BCUT2D eigenvalue weighted by molar-refractivity contribution is -0.142. The van der Waals surface area contributed by atoms with Crippen LogP contribution >= 0.6 is 11.3 Å². The van der Waals surface area contributed by atoms with Crippen molar-refractivity contribution in [2.45, 2.75) is 31.9 Å². The van der Waals surface area contributed by atoms with E-state index in [0.29, 0.717) is 15.2 Å². The maximum absolute atomic E-state index is 13.3. The molecule has 3 heterocycles. The van der Waals surface area contributed by atoms with E-state index in [4.69, 9.17) is 0 Å². The van der Waals surface area contributed by atoms with Crippen LogP contribution in [-0.4, -0.2) is 30.7 Å². The van der Waals surface area contributed by atoms with Crippen molar-refractivity contribution in [3.63, 3.8) is 0 Å². The normalized spacial score (nSPS) is 14.9. The Morgan fingerprint density at radius 3 is 2.68 bits per heavy atom. The van der Waals surface area contributed by atoms with E-state index >= 15 is 0 Å². The van der Waals surface area contributed by atoms with Crippen LogP contribution in [0.3, 0.4) is 0 Å². The highest BCUT2D eigenvalue weighted by molar-refractivity contribution is 7.15. The van der Waals surface area contributed by atoms with E-state index in [0.717, 1.165) is 30.2 Å². The van der Waals surface area contributed by atoms with Gasteiger partial charge in [0.2, 0.25) is 5.13 Å². The van der Waals surface area contributed by atoms with E-state index in [1.165, 1.54) is 6.07 Å². The first-order valence-corrected chi connectivity index (χ1v) is 8.22. The molecule has 3 aromatic heterocycles. The maximum Gasteiger partial charge on any atom is 0.433 e. The molecule has 1 fully saturated rings. The SMILES string of the molecule is Cc1nnc(NC(=O)c2cc3nc(C4CC4)cc(C(F)(F)F)n3n2)s1. The van der Waals surface area contributed by atoms with Crippen molar-refractivity contribution in [2.75, 3.05) is 5.32 Å². The van der Waals surface area contributed by atoms with Crippen molar-refractivity contribution in [3.05, 3.63) is 34.2 Å². The van der Waals surface area contributed by atoms with Crippen molar-refractivity contribution < 1.29 is 18.0 Å². The highest BCUT2D eigenvalue weighted by Crippen LogP contribution is 2.41. The first-order chi connectivity index (χ1) is 11.8. The molecule has 0 unspecified atom stereocenters. The van der Waals surface area contributed by atoms with Crippen LogP contribution in [0.1, 0.15) is 45.6 Å². The third kappa shape index (κ3) is 3.06. The summed E-state index contributed by atoms with van der Waals surface area (Å²) in [4.78, 5) is 16.4. The summed E-state index contributed by atoms with van der Waals surface area (Å²) in [6, 6.07) is 2.25. The first kappa shape index (κ1) is 15.9. The number of nitrogens with zero attached hydrogens (tertiary/aromatic N) is 5. The zero-order chi connectivity index (χ0) is 17.8. The summed E-state index contributed by atoms with van der Waals surface area (Å²) in [5.74, 6) is -0.620. The van der Waals surface area contributed by atoms with Crippen molar-refractivity contribution in [2.24, 2.45) is 0 Å². The third-order valence-corrected chi connectivity index (χ3v) is 4.47. The molecule has 1 aliphatic rings. The zero-order valence-electron chi connectivity index (χ0n) is 12.8. The van der Waals surface area contributed by atoms with Crippen LogP contribution < -0.4 is 5.32 Å². The van der Waals surface area contributed by atoms with Gasteiger partial charge in [0.1, 0.15) is 10.7 Å². The van der Waals surface area contributed by atoms with Crippen molar-refractivity contribution in [1.82, 2.24) is 24.8 Å². The molecule has 1 amide bonds. The van der Waals surface area contributed by atoms with Crippen LogP contribution in [0, 0.1) is 6.92 Å². The second kappa shape index (κ2) is 5.48. The van der Waals surface area contributed by atoms with Gasteiger partial charge in [0, 0.05) is 17.7 Å². The molecule has 1 aliphatic carbocycles. The molecule has 3 aromatic rings. The number of carbonyl (C=O) groups excluding carboxylic acids is 1. The van der Waals surface area contributed by atoms with Crippen LogP contribution in [0.4, 0.5) is 18.3 Å². The number of hydrogen-bond acceptors (Lipinski definition) is 6. The number of aryl methyl sites for hydroxylation is 1. The second-order valence-electron chi connectivity index (χ2n) is 5.72. The number of aromatic nitrogens is 5. The van der Waals surface area contributed by atoms with Crippen molar-refractivity contribution in [1.29, 1.82) is 0 Å². The van der Waals surface area contributed by atoms with Crippen molar-refractivity contribution >= 4 is 28.0 Å². The first-order valence-electron chi connectivity index (χ1n) is 7.40. The van der Waals surface area contributed by atoms with Gasteiger partial charge in [-0.2, -0.15) is 18.3 Å².